The zero-order chi connectivity index (χ0) is 8.93. The van der Waals surface area contributed by atoms with Gasteiger partial charge in [-0.3, -0.25) is 0 Å². The Hall–Kier alpha value is -0.190. The molecular formula is C8H11NOS2. The molecular weight excluding hydrogens is 190 g/mol. The smallest absolute Gasteiger partial charge is 0.129 e. The third-order valence-corrected chi connectivity index (χ3v) is 5.07. The second-order valence-corrected chi connectivity index (χ2v) is 5.68. The van der Waals surface area contributed by atoms with Gasteiger partial charge in [0.1, 0.15) is 11.0 Å². The van der Waals surface area contributed by atoms with Crippen LogP contribution in [0.25, 0.3) is 0 Å². The molecule has 0 radical (unpaired) electrons. The van der Waals surface area contributed by atoms with Gasteiger partial charge in [-0.15, -0.1) is 0 Å². The predicted octanol–water partition coefficient (Wildman–Crippen LogP) is 1.95. The van der Waals surface area contributed by atoms with E-state index in [-0.39, 0.29) is 5.54 Å². The molecule has 12 heavy (non-hydrogen) atoms. The highest BCUT2D eigenvalue weighted by molar-refractivity contribution is 7.83. The molecule has 0 amide bonds. The Morgan fingerprint density at radius 2 is 2.17 bits per heavy atom. The highest BCUT2D eigenvalue weighted by atomic mass is 32.2. The first-order valence-electron chi connectivity index (χ1n) is 3.77. The number of rotatable bonds is 0. The van der Waals surface area contributed by atoms with E-state index in [4.69, 9.17) is 0 Å². The van der Waals surface area contributed by atoms with Gasteiger partial charge < -0.3 is 0 Å². The molecule has 0 spiro atoms. The highest BCUT2D eigenvalue weighted by Crippen LogP contribution is 2.41. The van der Waals surface area contributed by atoms with Crippen LogP contribution in [0.15, 0.2) is 15.7 Å². The average molecular weight is 201 g/mol. The fourth-order valence-corrected chi connectivity index (χ4v) is 4.14. The highest BCUT2D eigenvalue weighted by Gasteiger charge is 2.40. The Kier molecular flexibility index (Phi) is 1.68. The zero-order valence-electron chi connectivity index (χ0n) is 7.33. The van der Waals surface area contributed by atoms with Crippen LogP contribution in [0.4, 0.5) is 0 Å². The summed E-state index contributed by atoms with van der Waals surface area (Å²) in [5.41, 5.74) is 1.15. The maximum Gasteiger partial charge on any atom is 0.129 e. The number of hydrogen-bond donors (Lipinski definition) is 0. The summed E-state index contributed by atoms with van der Waals surface area (Å²) in [7, 11) is 0.966. The van der Waals surface area contributed by atoms with Crippen molar-refractivity contribution in [3.8, 4) is 0 Å². The normalized spacial score (nSPS) is 27.4. The molecule has 1 atom stereocenters. The van der Waals surface area contributed by atoms with Gasteiger partial charge in [-0.25, -0.2) is 8.51 Å². The van der Waals surface area contributed by atoms with Gasteiger partial charge >= 0.3 is 0 Å². The monoisotopic (exact) mass is 201 g/mol. The van der Waals surface area contributed by atoms with E-state index >= 15 is 0 Å². The molecule has 1 aromatic rings. The van der Waals surface area contributed by atoms with Gasteiger partial charge in [-0.05, 0) is 19.2 Å². The first kappa shape index (κ1) is 8.41. The van der Waals surface area contributed by atoms with Crippen molar-refractivity contribution in [1.29, 1.82) is 0 Å². The van der Waals surface area contributed by atoms with Crippen LogP contribution in [0.2, 0.25) is 0 Å². The summed E-state index contributed by atoms with van der Waals surface area (Å²) in [6, 6.07) is 0. The molecule has 0 aliphatic carbocycles. The Balaban J connectivity index is 2.64. The maximum absolute atomic E-state index is 11.7. The molecule has 4 heteroatoms. The van der Waals surface area contributed by atoms with E-state index in [0.717, 1.165) is 4.90 Å². The van der Waals surface area contributed by atoms with Gasteiger partial charge in [-0.2, -0.15) is 11.3 Å². The van der Waals surface area contributed by atoms with Crippen molar-refractivity contribution in [2.24, 2.45) is 0 Å². The van der Waals surface area contributed by atoms with Crippen molar-refractivity contribution >= 4 is 22.3 Å². The van der Waals surface area contributed by atoms with E-state index in [9.17, 15) is 4.21 Å². The molecule has 0 N–H and O–H groups in total. The largest absolute Gasteiger partial charge is 0.237 e. The summed E-state index contributed by atoms with van der Waals surface area (Å²) in [5.74, 6) is 0. The van der Waals surface area contributed by atoms with Gasteiger partial charge in [-0.1, -0.05) is 0 Å². The predicted molar refractivity (Wildman–Crippen MR) is 51.5 cm³/mol. The van der Waals surface area contributed by atoms with E-state index in [1.165, 1.54) is 5.56 Å². The zero-order valence-corrected chi connectivity index (χ0v) is 8.96. The molecule has 2 nitrogen and oxygen atoms in total. The first-order valence-corrected chi connectivity index (χ1v) is 5.82. The third kappa shape index (κ3) is 0.857. The van der Waals surface area contributed by atoms with Crippen LogP contribution in [-0.2, 0) is 16.5 Å². The number of thiophene rings is 1. The lowest BCUT2D eigenvalue weighted by molar-refractivity contribution is 0.298. The molecule has 0 fully saturated rings. The quantitative estimate of drug-likeness (QED) is 0.628. The molecule has 1 aromatic heterocycles. The van der Waals surface area contributed by atoms with E-state index < -0.39 is 11.0 Å². The Morgan fingerprint density at radius 1 is 1.50 bits per heavy atom. The molecule has 1 aliphatic heterocycles. The summed E-state index contributed by atoms with van der Waals surface area (Å²) in [4.78, 5) is 0.993. The summed E-state index contributed by atoms with van der Waals surface area (Å²) < 4.78 is 13.6. The number of nitrogens with zero attached hydrogens (tertiary/aromatic N) is 1. The fraction of sp³-hybridized carbons (Fsp3) is 0.500. The van der Waals surface area contributed by atoms with Gasteiger partial charge in [0.15, 0.2) is 0 Å². The van der Waals surface area contributed by atoms with Gasteiger partial charge in [0.05, 0.1) is 10.4 Å². The van der Waals surface area contributed by atoms with Gasteiger partial charge in [0, 0.05) is 18.0 Å². The van der Waals surface area contributed by atoms with Crippen molar-refractivity contribution in [2.45, 2.75) is 24.3 Å². The average Bonchev–Trinajstić information content (AvgIpc) is 2.54. The summed E-state index contributed by atoms with van der Waals surface area (Å²) in [5, 5.41) is 4.08. The minimum absolute atomic E-state index is 0.0693. The minimum Gasteiger partial charge on any atom is -0.237 e. The van der Waals surface area contributed by atoms with Gasteiger partial charge in [0.25, 0.3) is 0 Å². The van der Waals surface area contributed by atoms with Crippen LogP contribution in [0.3, 0.4) is 0 Å². The SMILES string of the molecule is CN1S(=O)c2cscc2C1(C)C. The molecule has 0 aromatic carbocycles. The lowest BCUT2D eigenvalue weighted by atomic mass is 9.98. The number of fused-ring (bicyclic) bond motifs is 1. The molecule has 0 saturated heterocycles. The van der Waals surface area contributed by atoms with Gasteiger partial charge in [0.2, 0.25) is 0 Å². The van der Waals surface area contributed by atoms with E-state index in [2.05, 4.69) is 19.2 Å². The van der Waals surface area contributed by atoms with Crippen LogP contribution in [0.1, 0.15) is 19.4 Å². The molecule has 0 bridgehead atoms. The second kappa shape index (κ2) is 2.40. The van der Waals surface area contributed by atoms with Crippen LogP contribution in [0, 0.1) is 0 Å². The van der Waals surface area contributed by atoms with Crippen molar-refractivity contribution < 1.29 is 4.21 Å². The maximum atomic E-state index is 11.7. The number of hydrogen-bond acceptors (Lipinski definition) is 2. The standard InChI is InChI=1S/C8H11NOS2/c1-8(2)6-4-11-5-7(6)12(10)9(8)3/h4-5H,1-3H3. The molecule has 66 valence electrons. The van der Waals surface area contributed by atoms with Crippen LogP contribution in [-0.4, -0.2) is 15.6 Å². The van der Waals surface area contributed by atoms with Crippen molar-refractivity contribution in [3.63, 3.8) is 0 Å². The van der Waals surface area contributed by atoms with Crippen LogP contribution in [0.5, 0.6) is 0 Å². The topological polar surface area (TPSA) is 20.3 Å². The second-order valence-electron chi connectivity index (χ2n) is 3.46. The Labute approximate surface area is 78.8 Å². The summed E-state index contributed by atoms with van der Waals surface area (Å²) in [6.45, 7) is 4.20. The molecule has 0 saturated carbocycles. The third-order valence-electron chi connectivity index (χ3n) is 2.51. The summed E-state index contributed by atoms with van der Waals surface area (Å²) >= 11 is 1.63. The van der Waals surface area contributed by atoms with Crippen molar-refractivity contribution in [1.82, 2.24) is 4.31 Å². The van der Waals surface area contributed by atoms with E-state index in [0.29, 0.717) is 0 Å². The van der Waals surface area contributed by atoms with Crippen LogP contribution >= 0.6 is 11.3 Å². The molecule has 1 aliphatic rings. The first-order chi connectivity index (χ1) is 5.55. The Bertz CT molecular complexity index is 343. The molecule has 1 unspecified atom stereocenters. The fourth-order valence-electron chi connectivity index (χ4n) is 1.39. The van der Waals surface area contributed by atoms with E-state index in [1.54, 1.807) is 11.3 Å². The lowest BCUT2D eigenvalue weighted by Crippen LogP contribution is -2.32. The summed E-state index contributed by atoms with van der Waals surface area (Å²) in [6.07, 6.45) is 0. The molecule has 2 heterocycles. The molecule has 2 rings (SSSR count). The minimum atomic E-state index is -0.937. The van der Waals surface area contributed by atoms with Crippen molar-refractivity contribution in [2.75, 3.05) is 7.05 Å². The van der Waals surface area contributed by atoms with Crippen molar-refractivity contribution in [3.05, 3.63) is 16.3 Å². The Morgan fingerprint density at radius 3 is 2.75 bits per heavy atom. The lowest BCUT2D eigenvalue weighted by Gasteiger charge is -2.26. The van der Waals surface area contributed by atoms with E-state index in [1.807, 2.05) is 16.7 Å². The van der Waals surface area contributed by atoms with Crippen LogP contribution < -0.4 is 0 Å².